The molecule has 1 aliphatic rings. The van der Waals surface area contributed by atoms with Gasteiger partial charge in [0.2, 0.25) is 0 Å². The highest BCUT2D eigenvalue weighted by molar-refractivity contribution is 7.80. The summed E-state index contributed by atoms with van der Waals surface area (Å²) in [5.41, 5.74) is 6.00. The zero-order chi connectivity index (χ0) is 12.5. The van der Waals surface area contributed by atoms with Gasteiger partial charge in [-0.2, -0.15) is 0 Å². The molecule has 1 fully saturated rings. The Balaban J connectivity index is 2.27. The van der Waals surface area contributed by atoms with E-state index in [1.807, 2.05) is 6.92 Å². The highest BCUT2D eigenvalue weighted by atomic mass is 32.1. The lowest BCUT2D eigenvalue weighted by Crippen LogP contribution is -2.42. The Morgan fingerprint density at radius 3 is 2.88 bits per heavy atom. The summed E-state index contributed by atoms with van der Waals surface area (Å²) in [5, 5.41) is 3.35. The molecule has 2 rings (SSSR count). The average Bonchev–Trinajstić information content (AvgIpc) is 2.59. The second-order valence-electron chi connectivity index (χ2n) is 4.42. The normalized spacial score (nSPS) is 28.0. The summed E-state index contributed by atoms with van der Waals surface area (Å²) in [4.78, 5) is 8.64. The molecule has 1 aromatic heterocycles. The van der Waals surface area contributed by atoms with Crippen LogP contribution in [-0.4, -0.2) is 33.2 Å². The molecule has 1 aromatic rings. The van der Waals surface area contributed by atoms with Crippen LogP contribution in [0.1, 0.15) is 26.0 Å². The topological polar surface area (TPSA) is 73.1 Å². The molecule has 1 aliphatic heterocycles. The fourth-order valence-corrected chi connectivity index (χ4v) is 2.03. The van der Waals surface area contributed by atoms with E-state index in [2.05, 4.69) is 22.2 Å². The van der Waals surface area contributed by atoms with Gasteiger partial charge in [0.15, 0.2) is 5.82 Å². The first-order valence-electron chi connectivity index (χ1n) is 5.53. The molecule has 17 heavy (non-hydrogen) atoms. The largest absolute Gasteiger partial charge is 0.388 e. The molecule has 2 atom stereocenters. The minimum absolute atomic E-state index is 0.115. The third kappa shape index (κ3) is 2.37. The number of hydrogen-bond acceptors (Lipinski definition) is 5. The fourth-order valence-electron chi connectivity index (χ4n) is 1.88. The number of nitrogens with two attached hydrogens (primary N) is 1. The summed E-state index contributed by atoms with van der Waals surface area (Å²) in [6.45, 7) is 4.88. The third-order valence-electron chi connectivity index (χ3n) is 3.22. The number of aromatic nitrogens is 2. The first kappa shape index (κ1) is 12.2. The number of hydrogen-bond donors (Lipinski definition) is 2. The van der Waals surface area contributed by atoms with Crippen LogP contribution in [-0.2, 0) is 4.74 Å². The second-order valence-corrected chi connectivity index (χ2v) is 4.86. The molecule has 1 saturated heterocycles. The maximum absolute atomic E-state index is 5.62. The molecular weight excluding hydrogens is 236 g/mol. The zero-order valence-electron chi connectivity index (χ0n) is 9.93. The van der Waals surface area contributed by atoms with Gasteiger partial charge in [-0.3, -0.25) is 0 Å². The highest BCUT2D eigenvalue weighted by Gasteiger charge is 2.37. The van der Waals surface area contributed by atoms with Gasteiger partial charge in [0.25, 0.3) is 0 Å². The van der Waals surface area contributed by atoms with E-state index in [9.17, 15) is 0 Å². The van der Waals surface area contributed by atoms with Crippen LogP contribution in [0.15, 0.2) is 12.4 Å². The van der Waals surface area contributed by atoms with Crippen molar-refractivity contribution in [2.75, 3.05) is 11.9 Å². The van der Waals surface area contributed by atoms with E-state index in [-0.39, 0.29) is 16.6 Å². The van der Waals surface area contributed by atoms with Gasteiger partial charge in [-0.1, -0.05) is 12.2 Å². The van der Waals surface area contributed by atoms with Gasteiger partial charge >= 0.3 is 0 Å². The minimum atomic E-state index is -0.157. The van der Waals surface area contributed by atoms with E-state index in [1.54, 1.807) is 12.4 Å². The Bertz CT molecular complexity index is 439. The number of ether oxygens (including phenoxy) is 1. The molecule has 0 aliphatic carbocycles. The molecule has 0 saturated carbocycles. The van der Waals surface area contributed by atoms with E-state index in [0.717, 1.165) is 13.0 Å². The van der Waals surface area contributed by atoms with Crippen molar-refractivity contribution in [3.63, 3.8) is 0 Å². The van der Waals surface area contributed by atoms with E-state index in [0.29, 0.717) is 11.5 Å². The van der Waals surface area contributed by atoms with Crippen LogP contribution in [0.25, 0.3) is 0 Å². The number of rotatable bonds is 3. The van der Waals surface area contributed by atoms with Crippen molar-refractivity contribution in [1.82, 2.24) is 9.97 Å². The lowest BCUT2D eigenvalue weighted by molar-refractivity contribution is 0.105. The monoisotopic (exact) mass is 252 g/mol. The molecule has 0 spiro atoms. The highest BCUT2D eigenvalue weighted by Crippen LogP contribution is 2.29. The van der Waals surface area contributed by atoms with Crippen LogP contribution in [0.2, 0.25) is 0 Å². The molecule has 3 N–H and O–H groups in total. The lowest BCUT2D eigenvalue weighted by Gasteiger charge is -2.29. The number of anilines is 1. The van der Waals surface area contributed by atoms with Crippen LogP contribution in [0.3, 0.4) is 0 Å². The van der Waals surface area contributed by atoms with Crippen LogP contribution >= 0.6 is 12.2 Å². The number of nitrogens with one attached hydrogen (secondary N) is 1. The van der Waals surface area contributed by atoms with Gasteiger partial charge in [-0.15, -0.1) is 0 Å². The maximum atomic E-state index is 5.62. The second kappa shape index (κ2) is 4.54. The van der Waals surface area contributed by atoms with Crippen molar-refractivity contribution in [3.05, 3.63) is 18.1 Å². The zero-order valence-corrected chi connectivity index (χ0v) is 10.8. The van der Waals surface area contributed by atoms with Crippen molar-refractivity contribution >= 4 is 23.0 Å². The van der Waals surface area contributed by atoms with Gasteiger partial charge in [0.05, 0.1) is 11.6 Å². The lowest BCUT2D eigenvalue weighted by atomic mass is 9.94. The van der Waals surface area contributed by atoms with Crippen LogP contribution in [0.4, 0.5) is 5.82 Å². The van der Waals surface area contributed by atoms with E-state index in [4.69, 9.17) is 22.7 Å². The molecule has 0 radical (unpaired) electrons. The Kier molecular flexibility index (Phi) is 3.26. The molecule has 92 valence electrons. The molecule has 6 heteroatoms. The smallest absolute Gasteiger partial charge is 0.155 e. The molecule has 2 unspecified atom stereocenters. The summed E-state index contributed by atoms with van der Waals surface area (Å²) in [5.74, 6) is 0.625. The minimum Gasteiger partial charge on any atom is -0.388 e. The summed E-state index contributed by atoms with van der Waals surface area (Å²) in [7, 11) is 0. The van der Waals surface area contributed by atoms with Gasteiger partial charge in [-0.25, -0.2) is 9.97 Å². The Labute approximate surface area is 106 Å². The third-order valence-corrected chi connectivity index (χ3v) is 3.42. The predicted octanol–water partition coefficient (Wildman–Crippen LogP) is 1.09. The van der Waals surface area contributed by atoms with Gasteiger partial charge in [-0.05, 0) is 20.3 Å². The van der Waals surface area contributed by atoms with Crippen LogP contribution in [0, 0.1) is 0 Å². The van der Waals surface area contributed by atoms with E-state index < -0.39 is 0 Å². The molecule has 2 heterocycles. The van der Waals surface area contributed by atoms with E-state index in [1.165, 1.54) is 0 Å². The quantitative estimate of drug-likeness (QED) is 0.785. The van der Waals surface area contributed by atoms with Crippen molar-refractivity contribution in [2.24, 2.45) is 5.73 Å². The van der Waals surface area contributed by atoms with Gasteiger partial charge < -0.3 is 15.8 Å². The summed E-state index contributed by atoms with van der Waals surface area (Å²) < 4.78 is 5.57. The van der Waals surface area contributed by atoms with Crippen LogP contribution < -0.4 is 11.1 Å². The molecule has 0 bridgehead atoms. The van der Waals surface area contributed by atoms with Crippen molar-refractivity contribution < 1.29 is 4.74 Å². The van der Waals surface area contributed by atoms with Crippen molar-refractivity contribution in [3.8, 4) is 0 Å². The Morgan fingerprint density at radius 2 is 2.29 bits per heavy atom. The first-order chi connectivity index (χ1) is 8.03. The Morgan fingerprint density at radius 1 is 1.59 bits per heavy atom. The Hall–Kier alpha value is -1.27. The number of nitrogens with zero attached hydrogens (tertiary/aromatic N) is 2. The molecule has 0 amide bonds. The fraction of sp³-hybridized carbons (Fsp3) is 0.545. The summed E-state index contributed by atoms with van der Waals surface area (Å²) >= 11 is 4.96. The first-order valence-corrected chi connectivity index (χ1v) is 5.94. The van der Waals surface area contributed by atoms with Crippen molar-refractivity contribution in [1.29, 1.82) is 0 Å². The van der Waals surface area contributed by atoms with Crippen molar-refractivity contribution in [2.45, 2.75) is 31.9 Å². The summed E-state index contributed by atoms with van der Waals surface area (Å²) in [6.07, 6.45) is 4.23. The summed E-state index contributed by atoms with van der Waals surface area (Å²) in [6, 6.07) is 0. The SMILES string of the molecule is CC1OCCC1(C)Nc1nccnc1C(N)=S. The molecule has 5 nitrogen and oxygen atoms in total. The van der Waals surface area contributed by atoms with Gasteiger partial charge in [0, 0.05) is 19.0 Å². The van der Waals surface area contributed by atoms with Crippen LogP contribution in [0.5, 0.6) is 0 Å². The predicted molar refractivity (Wildman–Crippen MR) is 70.0 cm³/mol. The molecule has 0 aromatic carbocycles. The molecular formula is C11H16N4OS. The standard InChI is InChI=1S/C11H16N4OS/c1-7-11(2,3-6-16-7)15-10-8(9(12)17)13-4-5-14-10/h4-5,7H,3,6H2,1-2H3,(H2,12,17)(H,14,15). The maximum Gasteiger partial charge on any atom is 0.155 e. The number of thiocarbonyl (C=S) groups is 1. The van der Waals surface area contributed by atoms with Gasteiger partial charge in [0.1, 0.15) is 10.7 Å². The van der Waals surface area contributed by atoms with E-state index >= 15 is 0 Å². The average molecular weight is 252 g/mol.